The Labute approximate surface area is 244 Å². The number of benzene rings is 2. The van der Waals surface area contributed by atoms with Gasteiger partial charge in [0.15, 0.2) is 0 Å². The zero-order valence-electron chi connectivity index (χ0n) is 23.3. The van der Waals surface area contributed by atoms with Gasteiger partial charge in [0.2, 0.25) is 5.91 Å². The molecule has 3 N–H and O–H groups in total. The van der Waals surface area contributed by atoms with Gasteiger partial charge in [-0.05, 0) is 75.5 Å². The van der Waals surface area contributed by atoms with Crippen LogP contribution in [-0.2, 0) is 9.59 Å². The molecule has 0 saturated carbocycles. The summed E-state index contributed by atoms with van der Waals surface area (Å²) < 4.78 is 6.00. The number of anilines is 1. The van der Waals surface area contributed by atoms with E-state index in [1.54, 1.807) is 11.8 Å². The fraction of sp³-hybridized carbons (Fsp3) is 0.387. The quantitative estimate of drug-likeness (QED) is 0.447. The number of carbonyl (C=O) groups excluding carboxylic acids is 3. The van der Waals surface area contributed by atoms with Crippen LogP contribution in [0.1, 0.15) is 31.7 Å². The van der Waals surface area contributed by atoms with Crippen molar-refractivity contribution < 1.29 is 19.1 Å². The molecule has 41 heavy (non-hydrogen) atoms. The topological polar surface area (TPSA) is 103 Å². The molecular weight excluding hydrogens is 538 g/mol. The summed E-state index contributed by atoms with van der Waals surface area (Å²) in [6.07, 6.45) is 2.39. The number of nitrogens with zero attached hydrogens (tertiary/aromatic N) is 2. The van der Waals surface area contributed by atoms with Gasteiger partial charge in [-0.25, -0.2) is 4.79 Å². The molecule has 214 valence electrons. The van der Waals surface area contributed by atoms with E-state index in [1.807, 2.05) is 60.4 Å². The van der Waals surface area contributed by atoms with Crippen LogP contribution in [0.2, 0.25) is 0 Å². The Hall–Kier alpha value is -3.76. The fourth-order valence-corrected chi connectivity index (χ4v) is 7.69. The van der Waals surface area contributed by atoms with Crippen LogP contribution in [0.25, 0.3) is 0 Å². The van der Waals surface area contributed by atoms with Crippen LogP contribution in [0.15, 0.2) is 71.3 Å². The van der Waals surface area contributed by atoms with E-state index in [0.717, 1.165) is 42.8 Å². The Bertz CT molecular complexity index is 1430. The molecule has 2 aromatic carbocycles. The highest BCUT2D eigenvalue weighted by Gasteiger charge is 2.52. The summed E-state index contributed by atoms with van der Waals surface area (Å²) in [5.41, 5.74) is 2.96. The average Bonchev–Trinajstić information content (AvgIpc) is 3.33. The van der Waals surface area contributed by atoms with E-state index < -0.39 is 0 Å². The highest BCUT2D eigenvalue weighted by Crippen LogP contribution is 2.48. The molecule has 0 aromatic heterocycles. The van der Waals surface area contributed by atoms with E-state index in [0.29, 0.717) is 35.0 Å². The van der Waals surface area contributed by atoms with Crippen LogP contribution in [0.5, 0.6) is 11.5 Å². The minimum atomic E-state index is -0.231. The van der Waals surface area contributed by atoms with Crippen LogP contribution in [-0.4, -0.2) is 59.8 Å². The predicted molar refractivity (Wildman–Crippen MR) is 160 cm³/mol. The number of ether oxygens (including phenoxy) is 1. The summed E-state index contributed by atoms with van der Waals surface area (Å²) in [5.74, 6) is 1.15. The Kier molecular flexibility index (Phi) is 7.52. The zero-order valence-corrected chi connectivity index (χ0v) is 24.1. The van der Waals surface area contributed by atoms with Crippen molar-refractivity contribution in [2.75, 3.05) is 24.5 Å². The summed E-state index contributed by atoms with van der Waals surface area (Å²) in [6.45, 7) is 9.34. The second-order valence-electron chi connectivity index (χ2n) is 11.1. The number of carbonyl (C=O) groups is 3. The Morgan fingerprint density at radius 1 is 1.12 bits per heavy atom. The molecule has 0 bridgehead atoms. The molecule has 9 nitrogen and oxygen atoms in total. The smallest absolute Gasteiger partial charge is 0.326 e. The van der Waals surface area contributed by atoms with E-state index in [9.17, 15) is 14.4 Å². The van der Waals surface area contributed by atoms with Gasteiger partial charge in [-0.1, -0.05) is 36.5 Å². The van der Waals surface area contributed by atoms with Crippen molar-refractivity contribution in [3.05, 3.63) is 76.8 Å². The number of nitrogens with one attached hydrogen (secondary N) is 3. The molecule has 4 aliphatic rings. The van der Waals surface area contributed by atoms with Gasteiger partial charge in [0.25, 0.3) is 5.91 Å². The van der Waals surface area contributed by atoms with Crippen LogP contribution >= 0.6 is 11.8 Å². The summed E-state index contributed by atoms with van der Waals surface area (Å²) in [7, 11) is 0. The van der Waals surface area contributed by atoms with Crippen LogP contribution in [0, 0.1) is 12.8 Å². The van der Waals surface area contributed by atoms with E-state index >= 15 is 0 Å². The van der Waals surface area contributed by atoms with Crippen molar-refractivity contribution in [1.29, 1.82) is 0 Å². The predicted octanol–water partition coefficient (Wildman–Crippen LogP) is 4.26. The van der Waals surface area contributed by atoms with Crippen LogP contribution in [0.3, 0.4) is 0 Å². The standard InChI is InChI=1S/C31H35N5O4S/c1-18(2)30(38)35-15-7-8-20(17-35)33-28(37)27-26-25-24(13-14-32-29(25)41-27)36(31(39)34-26)23-12-11-22(16-19(23)3)40-21-9-5-4-6-10-21/h4-6,9-12,16,20,24-25,29,32H,1,7-8,13-15,17H2,2-3H3,(H,33,37)(H,34,39)/t20-,24?,25?,29?/m1/s1. The van der Waals surface area contributed by atoms with E-state index in [1.165, 1.54) is 11.8 Å². The zero-order chi connectivity index (χ0) is 28.7. The van der Waals surface area contributed by atoms with Crippen molar-refractivity contribution in [1.82, 2.24) is 20.9 Å². The highest BCUT2D eigenvalue weighted by molar-refractivity contribution is 8.04. The van der Waals surface area contributed by atoms with Gasteiger partial charge in [0.1, 0.15) is 11.5 Å². The summed E-state index contributed by atoms with van der Waals surface area (Å²) in [6, 6.07) is 14.9. The molecule has 6 rings (SSSR count). The summed E-state index contributed by atoms with van der Waals surface area (Å²) >= 11 is 1.49. The number of hydrogen-bond acceptors (Lipinski definition) is 6. The Morgan fingerprint density at radius 3 is 2.68 bits per heavy atom. The lowest BCUT2D eigenvalue weighted by Gasteiger charge is -2.46. The minimum absolute atomic E-state index is 0.0126. The number of amides is 4. The van der Waals surface area contributed by atoms with Gasteiger partial charge >= 0.3 is 6.03 Å². The molecule has 4 amide bonds. The first kappa shape index (κ1) is 27.4. The first-order chi connectivity index (χ1) is 19.8. The molecule has 0 aliphatic carbocycles. The normalized spacial score (nSPS) is 25.4. The van der Waals surface area contributed by atoms with Crippen molar-refractivity contribution in [3.8, 4) is 11.5 Å². The maximum atomic E-state index is 13.6. The average molecular weight is 574 g/mol. The molecule has 0 radical (unpaired) electrons. The second kappa shape index (κ2) is 11.3. The third kappa shape index (κ3) is 5.34. The Morgan fingerprint density at radius 2 is 1.93 bits per heavy atom. The van der Waals surface area contributed by atoms with Crippen molar-refractivity contribution in [2.24, 2.45) is 5.92 Å². The van der Waals surface area contributed by atoms with Crippen LogP contribution in [0.4, 0.5) is 10.5 Å². The maximum Gasteiger partial charge on any atom is 0.326 e. The fourth-order valence-electron chi connectivity index (χ4n) is 6.29. The van der Waals surface area contributed by atoms with Gasteiger partial charge in [0, 0.05) is 42.0 Å². The van der Waals surface area contributed by atoms with Gasteiger partial charge in [-0.15, -0.1) is 0 Å². The number of para-hydroxylation sites is 1. The lowest BCUT2D eigenvalue weighted by molar-refractivity contribution is -0.129. The molecule has 4 atom stereocenters. The lowest BCUT2D eigenvalue weighted by atomic mass is 9.86. The molecule has 2 aromatic rings. The maximum absolute atomic E-state index is 13.6. The molecule has 3 fully saturated rings. The van der Waals surface area contributed by atoms with Crippen molar-refractivity contribution in [3.63, 3.8) is 0 Å². The third-order valence-electron chi connectivity index (χ3n) is 8.16. The SMILES string of the molecule is C=C(C)C(=O)N1CCC[C@@H](NC(=O)C2=C3NC(=O)N(c4ccc(Oc5ccccc5)cc4C)C4CCNC(S2)C34)C1. The number of hydrogen-bond donors (Lipinski definition) is 3. The number of rotatable bonds is 6. The van der Waals surface area contributed by atoms with E-state index in [2.05, 4.69) is 22.5 Å². The van der Waals surface area contributed by atoms with Gasteiger partial charge in [-0.3, -0.25) is 14.5 Å². The van der Waals surface area contributed by atoms with Gasteiger partial charge in [0.05, 0.1) is 16.3 Å². The van der Waals surface area contributed by atoms with Crippen LogP contribution < -0.4 is 25.6 Å². The first-order valence-corrected chi connectivity index (χ1v) is 15.0. The number of urea groups is 1. The number of thioether (sulfide) groups is 1. The van der Waals surface area contributed by atoms with Gasteiger partial charge < -0.3 is 25.6 Å². The molecule has 4 aliphatic heterocycles. The largest absolute Gasteiger partial charge is 0.457 e. The molecular formula is C31H35N5O4S. The lowest BCUT2D eigenvalue weighted by Crippen LogP contribution is -2.62. The summed E-state index contributed by atoms with van der Waals surface area (Å²) in [5, 5.41) is 9.77. The van der Waals surface area contributed by atoms with Gasteiger partial charge in [-0.2, -0.15) is 0 Å². The molecule has 3 unspecified atom stereocenters. The molecule has 0 spiro atoms. The molecule has 3 saturated heterocycles. The third-order valence-corrected chi connectivity index (χ3v) is 9.52. The number of piperidine rings is 2. The number of aryl methyl sites for hydroxylation is 1. The van der Waals surface area contributed by atoms with Crippen molar-refractivity contribution in [2.45, 2.75) is 50.6 Å². The summed E-state index contributed by atoms with van der Waals surface area (Å²) in [4.78, 5) is 43.8. The highest BCUT2D eigenvalue weighted by atomic mass is 32.2. The van der Waals surface area contributed by atoms with E-state index in [4.69, 9.17) is 4.74 Å². The van der Waals surface area contributed by atoms with E-state index in [-0.39, 0.29) is 41.2 Å². The first-order valence-electron chi connectivity index (χ1n) is 14.1. The number of likely N-dealkylation sites (tertiary alicyclic amines) is 1. The van der Waals surface area contributed by atoms with Crippen molar-refractivity contribution >= 4 is 35.3 Å². The molecule has 4 heterocycles. The monoisotopic (exact) mass is 573 g/mol. The minimum Gasteiger partial charge on any atom is -0.457 e. The molecule has 10 heteroatoms. The Balaban J connectivity index is 1.21. The second-order valence-corrected chi connectivity index (χ2v) is 12.3.